The minimum Gasteiger partial charge on any atom is -0.497 e. The summed E-state index contributed by atoms with van der Waals surface area (Å²) < 4.78 is 16.2. The van der Waals surface area contributed by atoms with Gasteiger partial charge in [0.15, 0.2) is 11.5 Å². The van der Waals surface area contributed by atoms with Gasteiger partial charge in [-0.15, -0.1) is 0 Å². The Hall–Kier alpha value is -4.20. The van der Waals surface area contributed by atoms with Crippen LogP contribution in [0, 0.1) is 5.92 Å². The highest BCUT2D eigenvalue weighted by atomic mass is 16.7. The fourth-order valence-electron chi connectivity index (χ4n) is 4.91. The number of hydrogen-bond acceptors (Lipinski definition) is 5. The summed E-state index contributed by atoms with van der Waals surface area (Å²) in [5.41, 5.74) is 2.30. The Bertz CT molecular complexity index is 1210. The monoisotopic (exact) mass is 474 g/mol. The number of likely N-dealkylation sites (tertiary alicyclic amines) is 1. The summed E-state index contributed by atoms with van der Waals surface area (Å²) >= 11 is 0. The molecule has 1 saturated heterocycles. The Balaban J connectivity index is 1.52. The van der Waals surface area contributed by atoms with E-state index in [4.69, 9.17) is 14.2 Å². The third-order valence-electron chi connectivity index (χ3n) is 6.67. The lowest BCUT2D eigenvalue weighted by Crippen LogP contribution is -2.50. The first-order valence-electron chi connectivity index (χ1n) is 11.4. The highest BCUT2D eigenvalue weighted by Gasteiger charge is 2.44. The van der Waals surface area contributed by atoms with Crippen LogP contribution in [0.15, 0.2) is 72.8 Å². The van der Waals surface area contributed by atoms with Crippen molar-refractivity contribution in [2.24, 2.45) is 5.92 Å². The lowest BCUT2D eigenvalue weighted by atomic mass is 9.71. The van der Waals surface area contributed by atoms with Crippen LogP contribution in [-0.4, -0.2) is 49.0 Å². The van der Waals surface area contributed by atoms with E-state index in [1.165, 1.54) is 0 Å². The smallest absolute Gasteiger partial charge is 0.321 e. The number of amides is 2. The second-order valence-corrected chi connectivity index (χ2v) is 8.66. The van der Waals surface area contributed by atoms with Crippen LogP contribution in [0.3, 0.4) is 0 Å². The number of benzene rings is 3. The fraction of sp³-hybridized carbons (Fsp3) is 0.259. The van der Waals surface area contributed by atoms with Gasteiger partial charge in [-0.25, -0.2) is 4.79 Å². The van der Waals surface area contributed by atoms with Gasteiger partial charge >= 0.3 is 12.0 Å². The summed E-state index contributed by atoms with van der Waals surface area (Å²) in [5, 5.41) is 13.3. The predicted octanol–water partition coefficient (Wildman–Crippen LogP) is 4.54. The molecule has 0 saturated carbocycles. The number of piperidine rings is 1. The number of anilines is 1. The fourth-order valence-corrected chi connectivity index (χ4v) is 4.91. The molecule has 1 fully saturated rings. The normalized spacial score (nSPS) is 20.8. The maximum absolute atomic E-state index is 13.3. The van der Waals surface area contributed by atoms with E-state index in [2.05, 4.69) is 5.32 Å². The molecule has 3 atom stereocenters. The average molecular weight is 475 g/mol. The highest BCUT2D eigenvalue weighted by Crippen LogP contribution is 2.44. The molecule has 35 heavy (non-hydrogen) atoms. The number of methoxy groups -OCH3 is 1. The number of hydrogen-bond donors (Lipinski definition) is 2. The zero-order valence-corrected chi connectivity index (χ0v) is 19.2. The summed E-state index contributed by atoms with van der Waals surface area (Å²) in [6.07, 6.45) is 0. The average Bonchev–Trinajstić information content (AvgIpc) is 3.36. The Labute approximate surface area is 203 Å². The number of nitrogens with zero attached hydrogens (tertiary/aromatic N) is 1. The van der Waals surface area contributed by atoms with Crippen molar-refractivity contribution in [2.75, 3.05) is 32.3 Å². The number of para-hydroxylation sites is 1. The second-order valence-electron chi connectivity index (χ2n) is 8.66. The third-order valence-corrected chi connectivity index (χ3v) is 6.67. The molecule has 2 N–H and O–H groups in total. The summed E-state index contributed by atoms with van der Waals surface area (Å²) in [4.78, 5) is 27.6. The molecular formula is C27H26N2O6. The van der Waals surface area contributed by atoms with Crippen LogP contribution in [-0.2, 0) is 4.79 Å². The van der Waals surface area contributed by atoms with Gasteiger partial charge in [0.1, 0.15) is 5.75 Å². The van der Waals surface area contributed by atoms with Crippen molar-refractivity contribution in [1.29, 1.82) is 0 Å². The zero-order chi connectivity index (χ0) is 24.4. The number of nitrogens with one attached hydrogen (secondary N) is 1. The quantitative estimate of drug-likeness (QED) is 0.564. The molecule has 0 spiro atoms. The van der Waals surface area contributed by atoms with Crippen LogP contribution in [0.5, 0.6) is 17.2 Å². The van der Waals surface area contributed by atoms with Crippen LogP contribution < -0.4 is 19.5 Å². The van der Waals surface area contributed by atoms with Gasteiger partial charge in [0.2, 0.25) is 6.79 Å². The number of rotatable bonds is 5. The van der Waals surface area contributed by atoms with Crippen LogP contribution in [0.25, 0.3) is 0 Å². The first-order chi connectivity index (χ1) is 17.0. The van der Waals surface area contributed by atoms with Crippen molar-refractivity contribution in [3.05, 3.63) is 83.9 Å². The summed E-state index contributed by atoms with van der Waals surface area (Å²) in [6.45, 7) is 0.650. The van der Waals surface area contributed by atoms with E-state index in [0.29, 0.717) is 22.9 Å². The standard InChI is InChI=1S/C27H26N2O6/c1-33-20-10-7-17(8-11-20)21-14-29(27(32)28-19-5-3-2-4-6-19)15-22(25(21)26(30)31)18-9-12-23-24(13-18)35-16-34-23/h2-13,21-22,25H,14-16H2,1H3,(H,28,32)(H,30,31). The Kier molecular flexibility index (Phi) is 6.18. The minimum absolute atomic E-state index is 0.131. The molecule has 2 aliphatic heterocycles. The zero-order valence-electron chi connectivity index (χ0n) is 19.2. The van der Waals surface area contributed by atoms with Crippen molar-refractivity contribution < 1.29 is 28.9 Å². The van der Waals surface area contributed by atoms with E-state index in [1.807, 2.05) is 66.7 Å². The first kappa shape index (κ1) is 22.6. The summed E-state index contributed by atoms with van der Waals surface area (Å²) in [6, 6.07) is 21.8. The minimum atomic E-state index is -0.906. The number of carbonyl (C=O) groups is 2. The highest BCUT2D eigenvalue weighted by molar-refractivity contribution is 5.89. The lowest BCUT2D eigenvalue weighted by Gasteiger charge is -2.42. The molecule has 0 bridgehead atoms. The van der Waals surface area contributed by atoms with Gasteiger partial charge < -0.3 is 29.5 Å². The van der Waals surface area contributed by atoms with E-state index >= 15 is 0 Å². The Morgan fingerprint density at radius 1 is 0.914 bits per heavy atom. The van der Waals surface area contributed by atoms with Gasteiger partial charge in [-0.05, 0) is 47.5 Å². The largest absolute Gasteiger partial charge is 0.497 e. The molecule has 2 amide bonds. The Morgan fingerprint density at radius 3 is 2.26 bits per heavy atom. The van der Waals surface area contributed by atoms with Crippen molar-refractivity contribution in [1.82, 2.24) is 4.90 Å². The second kappa shape index (κ2) is 9.58. The number of carboxylic acids is 1. The molecule has 8 heteroatoms. The van der Waals surface area contributed by atoms with Gasteiger partial charge in [-0.3, -0.25) is 4.79 Å². The molecule has 0 aliphatic carbocycles. The first-order valence-corrected chi connectivity index (χ1v) is 11.4. The maximum Gasteiger partial charge on any atom is 0.321 e. The van der Waals surface area contributed by atoms with E-state index in [1.54, 1.807) is 18.1 Å². The molecular weight excluding hydrogens is 448 g/mol. The molecule has 8 nitrogen and oxygen atoms in total. The third kappa shape index (κ3) is 4.59. The molecule has 3 aromatic rings. The number of ether oxygens (including phenoxy) is 3. The number of fused-ring (bicyclic) bond motifs is 1. The van der Waals surface area contributed by atoms with Gasteiger partial charge in [0.05, 0.1) is 13.0 Å². The van der Waals surface area contributed by atoms with Crippen LogP contribution in [0.1, 0.15) is 23.0 Å². The molecule has 3 aromatic carbocycles. The van der Waals surface area contributed by atoms with E-state index in [9.17, 15) is 14.7 Å². The summed E-state index contributed by atoms with van der Waals surface area (Å²) in [7, 11) is 1.58. The molecule has 3 unspecified atom stereocenters. The van der Waals surface area contributed by atoms with Gasteiger partial charge in [0.25, 0.3) is 0 Å². The molecule has 180 valence electrons. The van der Waals surface area contributed by atoms with Crippen LogP contribution >= 0.6 is 0 Å². The predicted molar refractivity (Wildman–Crippen MR) is 129 cm³/mol. The number of urea groups is 1. The summed E-state index contributed by atoms with van der Waals surface area (Å²) in [5.74, 6) is -0.641. The van der Waals surface area contributed by atoms with E-state index in [-0.39, 0.29) is 25.9 Å². The number of carboxylic acid groups (broad SMARTS) is 1. The maximum atomic E-state index is 13.3. The number of aliphatic carboxylic acids is 1. The van der Waals surface area contributed by atoms with Crippen LogP contribution in [0.4, 0.5) is 10.5 Å². The van der Waals surface area contributed by atoms with Crippen molar-refractivity contribution in [3.63, 3.8) is 0 Å². The van der Waals surface area contributed by atoms with Crippen molar-refractivity contribution >= 4 is 17.7 Å². The van der Waals surface area contributed by atoms with Gasteiger partial charge in [-0.2, -0.15) is 0 Å². The molecule has 0 radical (unpaired) electrons. The SMILES string of the molecule is COc1ccc(C2CN(C(=O)Nc3ccccc3)CC(c3ccc4c(c3)OCO4)C2C(=O)O)cc1. The molecule has 5 rings (SSSR count). The molecule has 2 heterocycles. The van der Waals surface area contributed by atoms with Crippen LogP contribution in [0.2, 0.25) is 0 Å². The molecule has 0 aromatic heterocycles. The number of carbonyl (C=O) groups excluding carboxylic acids is 1. The van der Waals surface area contributed by atoms with Gasteiger partial charge in [-0.1, -0.05) is 36.4 Å². The van der Waals surface area contributed by atoms with E-state index in [0.717, 1.165) is 11.1 Å². The van der Waals surface area contributed by atoms with E-state index < -0.39 is 23.7 Å². The lowest BCUT2D eigenvalue weighted by molar-refractivity contribution is -0.144. The topological polar surface area (TPSA) is 97.3 Å². The Morgan fingerprint density at radius 2 is 1.57 bits per heavy atom. The molecule has 2 aliphatic rings. The van der Waals surface area contributed by atoms with Crippen molar-refractivity contribution in [2.45, 2.75) is 11.8 Å². The van der Waals surface area contributed by atoms with Gasteiger partial charge in [0, 0.05) is 30.6 Å². The van der Waals surface area contributed by atoms with Crippen molar-refractivity contribution in [3.8, 4) is 17.2 Å².